The van der Waals surface area contributed by atoms with Gasteiger partial charge in [-0.3, -0.25) is 9.59 Å². The minimum absolute atomic E-state index is 0.146. The number of hydrogen-bond acceptors (Lipinski definition) is 5. The fourth-order valence-electron chi connectivity index (χ4n) is 2.51. The van der Waals surface area contributed by atoms with E-state index < -0.39 is 0 Å². The number of amides is 2. The third-order valence-electron chi connectivity index (χ3n) is 4.09. The number of anilines is 2. The van der Waals surface area contributed by atoms with Crippen molar-refractivity contribution in [2.75, 3.05) is 37.2 Å². The van der Waals surface area contributed by atoms with Crippen LogP contribution in [0.3, 0.4) is 0 Å². The van der Waals surface area contributed by atoms with Crippen LogP contribution in [-0.2, 0) is 0 Å². The van der Waals surface area contributed by atoms with Gasteiger partial charge in [-0.05, 0) is 50.3 Å². The lowest BCUT2D eigenvalue weighted by molar-refractivity contribution is 0.0955. The first-order chi connectivity index (χ1) is 12.5. The fourth-order valence-corrected chi connectivity index (χ4v) is 3.33. The molecule has 0 fully saturated rings. The second kappa shape index (κ2) is 9.94. The van der Waals surface area contributed by atoms with Crippen LogP contribution in [0.2, 0.25) is 0 Å². The van der Waals surface area contributed by atoms with Gasteiger partial charge in [0.15, 0.2) is 0 Å². The van der Waals surface area contributed by atoms with E-state index in [1.165, 1.54) is 11.3 Å². The van der Waals surface area contributed by atoms with Gasteiger partial charge in [0.25, 0.3) is 11.8 Å². The van der Waals surface area contributed by atoms with Crippen LogP contribution in [0.15, 0.2) is 36.4 Å². The van der Waals surface area contributed by atoms with Crippen molar-refractivity contribution < 1.29 is 9.59 Å². The van der Waals surface area contributed by atoms with E-state index in [-0.39, 0.29) is 11.8 Å². The molecule has 2 amide bonds. The van der Waals surface area contributed by atoms with Crippen molar-refractivity contribution in [1.82, 2.24) is 10.2 Å². The quantitative estimate of drug-likeness (QED) is 0.465. The van der Waals surface area contributed by atoms with Gasteiger partial charge in [0.2, 0.25) is 0 Å². The van der Waals surface area contributed by atoms with Crippen LogP contribution in [0.4, 0.5) is 11.4 Å². The van der Waals surface area contributed by atoms with E-state index in [0.717, 1.165) is 26.1 Å². The summed E-state index contributed by atoms with van der Waals surface area (Å²) in [4.78, 5) is 27.8. The summed E-state index contributed by atoms with van der Waals surface area (Å²) in [7, 11) is 0. The monoisotopic (exact) mass is 374 g/mol. The molecular weight excluding hydrogens is 348 g/mol. The van der Waals surface area contributed by atoms with Crippen LogP contribution >= 0.6 is 11.3 Å². The molecule has 0 saturated carbocycles. The number of para-hydroxylation sites is 2. The summed E-state index contributed by atoms with van der Waals surface area (Å²) < 4.78 is 0. The maximum atomic E-state index is 12.3. The molecule has 6 nitrogen and oxygen atoms in total. The van der Waals surface area contributed by atoms with E-state index in [0.29, 0.717) is 27.7 Å². The molecule has 0 saturated heterocycles. The average Bonchev–Trinajstić information content (AvgIpc) is 3.14. The SMILES string of the molecule is CCN(CC)CCCNC(=O)c1ccc(C(=O)Nc2ccccc2N)s1. The van der Waals surface area contributed by atoms with Crippen molar-refractivity contribution in [2.24, 2.45) is 0 Å². The molecule has 1 aromatic heterocycles. The van der Waals surface area contributed by atoms with Gasteiger partial charge in [-0.2, -0.15) is 0 Å². The summed E-state index contributed by atoms with van der Waals surface area (Å²) in [5.41, 5.74) is 6.90. The summed E-state index contributed by atoms with van der Waals surface area (Å²) >= 11 is 1.17. The molecule has 0 aliphatic heterocycles. The van der Waals surface area contributed by atoms with Crippen LogP contribution in [0, 0.1) is 0 Å². The Hall–Kier alpha value is -2.38. The van der Waals surface area contributed by atoms with E-state index in [2.05, 4.69) is 29.4 Å². The predicted molar refractivity (Wildman–Crippen MR) is 108 cm³/mol. The zero-order valence-electron chi connectivity index (χ0n) is 15.2. The van der Waals surface area contributed by atoms with Crippen molar-refractivity contribution in [2.45, 2.75) is 20.3 Å². The summed E-state index contributed by atoms with van der Waals surface area (Å²) in [6, 6.07) is 10.4. The molecule has 0 radical (unpaired) electrons. The van der Waals surface area contributed by atoms with Crippen LogP contribution in [0.1, 0.15) is 39.6 Å². The lowest BCUT2D eigenvalue weighted by Crippen LogP contribution is -2.29. The fraction of sp³-hybridized carbons (Fsp3) is 0.368. The summed E-state index contributed by atoms with van der Waals surface area (Å²) in [6.45, 7) is 7.87. The third-order valence-corrected chi connectivity index (χ3v) is 5.18. The topological polar surface area (TPSA) is 87.5 Å². The first kappa shape index (κ1) is 19.9. The number of benzene rings is 1. The van der Waals surface area contributed by atoms with Gasteiger partial charge in [-0.25, -0.2) is 0 Å². The Kier molecular flexibility index (Phi) is 7.62. The Morgan fingerprint density at radius 1 is 1.04 bits per heavy atom. The van der Waals surface area contributed by atoms with Gasteiger partial charge in [0.1, 0.15) is 0 Å². The number of nitrogens with two attached hydrogens (primary N) is 1. The minimum atomic E-state index is -0.270. The van der Waals surface area contributed by atoms with Gasteiger partial charge >= 0.3 is 0 Å². The molecule has 0 aliphatic carbocycles. The maximum absolute atomic E-state index is 12.3. The van der Waals surface area contributed by atoms with Crippen molar-refractivity contribution in [3.05, 3.63) is 46.2 Å². The Balaban J connectivity index is 1.85. The summed E-state index contributed by atoms with van der Waals surface area (Å²) in [5, 5.41) is 5.67. The van der Waals surface area contributed by atoms with Crippen LogP contribution in [0.5, 0.6) is 0 Å². The summed E-state index contributed by atoms with van der Waals surface area (Å²) in [5.74, 6) is -0.415. The van der Waals surface area contributed by atoms with Crippen LogP contribution in [-0.4, -0.2) is 42.9 Å². The standard InChI is InChI=1S/C19H26N4O2S/c1-3-23(4-2)13-7-12-21-18(24)16-10-11-17(26-16)19(25)22-15-9-6-5-8-14(15)20/h5-6,8-11H,3-4,7,12-13,20H2,1-2H3,(H,21,24)(H,22,25). The van der Waals surface area contributed by atoms with E-state index in [1.54, 1.807) is 36.4 Å². The molecule has 4 N–H and O–H groups in total. The highest BCUT2D eigenvalue weighted by molar-refractivity contribution is 7.16. The average molecular weight is 375 g/mol. The minimum Gasteiger partial charge on any atom is -0.397 e. The number of carbonyl (C=O) groups is 2. The number of nitrogens with one attached hydrogen (secondary N) is 2. The molecule has 1 heterocycles. The third kappa shape index (κ3) is 5.57. The molecule has 0 bridgehead atoms. The second-order valence-corrected chi connectivity index (χ2v) is 6.93. The normalized spacial score (nSPS) is 10.7. The zero-order valence-corrected chi connectivity index (χ0v) is 16.1. The molecule has 1 aromatic carbocycles. The molecule has 26 heavy (non-hydrogen) atoms. The zero-order chi connectivity index (χ0) is 18.9. The highest BCUT2D eigenvalue weighted by Crippen LogP contribution is 2.21. The number of nitrogens with zero attached hydrogens (tertiary/aromatic N) is 1. The van der Waals surface area contributed by atoms with Gasteiger partial charge < -0.3 is 21.3 Å². The highest BCUT2D eigenvalue weighted by atomic mass is 32.1. The summed E-state index contributed by atoms with van der Waals surface area (Å²) in [6.07, 6.45) is 0.902. The molecule has 0 spiro atoms. The van der Waals surface area contributed by atoms with Crippen LogP contribution < -0.4 is 16.4 Å². The molecule has 2 aromatic rings. The number of thiophene rings is 1. The van der Waals surface area contributed by atoms with E-state index in [4.69, 9.17) is 5.73 Å². The number of carbonyl (C=O) groups excluding carboxylic acids is 2. The lowest BCUT2D eigenvalue weighted by Gasteiger charge is -2.17. The van der Waals surface area contributed by atoms with Gasteiger partial charge in [0, 0.05) is 6.54 Å². The Morgan fingerprint density at radius 2 is 1.69 bits per heavy atom. The smallest absolute Gasteiger partial charge is 0.265 e. The largest absolute Gasteiger partial charge is 0.397 e. The van der Waals surface area contributed by atoms with Gasteiger partial charge in [-0.1, -0.05) is 26.0 Å². The Morgan fingerprint density at radius 3 is 2.35 bits per heavy atom. The highest BCUT2D eigenvalue weighted by Gasteiger charge is 2.14. The van der Waals surface area contributed by atoms with Crippen molar-refractivity contribution in [1.29, 1.82) is 0 Å². The molecule has 0 aliphatic rings. The van der Waals surface area contributed by atoms with Crippen molar-refractivity contribution >= 4 is 34.5 Å². The molecule has 140 valence electrons. The van der Waals surface area contributed by atoms with Gasteiger partial charge in [-0.15, -0.1) is 11.3 Å². The lowest BCUT2D eigenvalue weighted by atomic mass is 10.2. The Labute approximate surface area is 158 Å². The molecular formula is C19H26N4O2S. The van der Waals surface area contributed by atoms with Crippen molar-refractivity contribution in [3.63, 3.8) is 0 Å². The number of rotatable bonds is 9. The Bertz CT molecular complexity index is 741. The van der Waals surface area contributed by atoms with Crippen molar-refractivity contribution in [3.8, 4) is 0 Å². The maximum Gasteiger partial charge on any atom is 0.265 e. The first-order valence-electron chi connectivity index (χ1n) is 8.81. The molecule has 0 unspecified atom stereocenters. The molecule has 7 heteroatoms. The van der Waals surface area contributed by atoms with E-state index >= 15 is 0 Å². The van der Waals surface area contributed by atoms with Crippen LogP contribution in [0.25, 0.3) is 0 Å². The van der Waals surface area contributed by atoms with Gasteiger partial charge in [0.05, 0.1) is 21.1 Å². The second-order valence-electron chi connectivity index (χ2n) is 5.84. The molecule has 2 rings (SSSR count). The molecule has 0 atom stereocenters. The number of hydrogen-bond donors (Lipinski definition) is 3. The van der Waals surface area contributed by atoms with E-state index in [9.17, 15) is 9.59 Å². The first-order valence-corrected chi connectivity index (χ1v) is 9.63. The predicted octanol–water partition coefficient (Wildman–Crippen LogP) is 3.04. The van der Waals surface area contributed by atoms with E-state index in [1.807, 2.05) is 0 Å². The number of nitrogen functional groups attached to an aromatic ring is 1.